The molecule has 7 nitrogen and oxygen atoms in total. The summed E-state index contributed by atoms with van der Waals surface area (Å²) in [4.78, 5) is 34.0. The summed E-state index contributed by atoms with van der Waals surface area (Å²) in [5, 5.41) is 6.46. The summed E-state index contributed by atoms with van der Waals surface area (Å²) in [5.41, 5.74) is 5.09. The van der Waals surface area contributed by atoms with Crippen molar-refractivity contribution >= 4 is 22.2 Å². The van der Waals surface area contributed by atoms with E-state index in [1.807, 2.05) is 11.6 Å². The summed E-state index contributed by atoms with van der Waals surface area (Å²) in [5.74, 6) is 0.170. The topological polar surface area (TPSA) is 74.2 Å². The van der Waals surface area contributed by atoms with E-state index >= 15 is 0 Å². The fourth-order valence-electron chi connectivity index (χ4n) is 5.56. The summed E-state index contributed by atoms with van der Waals surface area (Å²) in [6.45, 7) is 16.4. The summed E-state index contributed by atoms with van der Waals surface area (Å²) in [6.07, 6.45) is 3.11. The number of nitrogens with zero attached hydrogens (tertiary/aromatic N) is 4. The molecule has 0 fully saturated rings. The first-order valence-electron chi connectivity index (χ1n) is 13.3. The molecular weight excluding hydrogens is 450 g/mol. The first-order chi connectivity index (χ1) is 17.1. The second-order valence-electron chi connectivity index (χ2n) is 11.0. The minimum atomic E-state index is -0.111. The zero-order valence-electron chi connectivity index (χ0n) is 23.0. The summed E-state index contributed by atoms with van der Waals surface area (Å²) >= 11 is 0. The molecule has 1 aromatic carbocycles. The number of carbonyl (C=O) groups excluding carboxylic acids is 1. The highest BCUT2D eigenvalue weighted by Crippen LogP contribution is 2.38. The van der Waals surface area contributed by atoms with Crippen molar-refractivity contribution in [2.75, 3.05) is 38.1 Å². The van der Waals surface area contributed by atoms with Gasteiger partial charge in [0.25, 0.3) is 5.56 Å². The van der Waals surface area contributed by atoms with Crippen LogP contribution in [-0.2, 0) is 12.8 Å². The number of aromatic nitrogens is 3. The molecule has 194 valence electrons. The lowest BCUT2D eigenvalue weighted by molar-refractivity contribution is 0.0910. The highest BCUT2D eigenvalue weighted by atomic mass is 16.1. The Balaban J connectivity index is 1.90. The first kappa shape index (κ1) is 26.1. The van der Waals surface area contributed by atoms with E-state index in [2.05, 4.69) is 74.6 Å². The Kier molecular flexibility index (Phi) is 7.41. The second-order valence-corrected chi connectivity index (χ2v) is 11.0. The van der Waals surface area contributed by atoms with E-state index in [-0.39, 0.29) is 16.8 Å². The molecule has 4 rings (SSSR count). The van der Waals surface area contributed by atoms with Crippen LogP contribution in [0.15, 0.2) is 23.0 Å². The molecule has 0 saturated carbocycles. The molecule has 36 heavy (non-hydrogen) atoms. The number of aryl methyl sites for hydroxylation is 2. The van der Waals surface area contributed by atoms with E-state index in [9.17, 15) is 9.59 Å². The fraction of sp³-hybridized carbons (Fsp3) is 0.552. The van der Waals surface area contributed by atoms with Gasteiger partial charge >= 0.3 is 0 Å². The van der Waals surface area contributed by atoms with Crippen LogP contribution in [0.25, 0.3) is 16.5 Å². The Bertz CT molecular complexity index is 1330. The van der Waals surface area contributed by atoms with Crippen LogP contribution in [0.2, 0.25) is 0 Å². The predicted molar refractivity (Wildman–Crippen MR) is 148 cm³/mol. The minimum absolute atomic E-state index is 0.0535. The predicted octanol–water partition coefficient (Wildman–Crippen LogP) is 4.91. The third kappa shape index (κ3) is 4.99. The summed E-state index contributed by atoms with van der Waals surface area (Å²) in [6, 6.07) is 6.23. The number of pyridine rings is 1. The molecular formula is C29H41N5O2. The number of aromatic amines is 1. The Labute approximate surface area is 214 Å². The number of fused-ring (bicyclic) bond motifs is 2. The molecule has 2 heterocycles. The van der Waals surface area contributed by atoms with Gasteiger partial charge in [-0.3, -0.25) is 9.59 Å². The van der Waals surface area contributed by atoms with Gasteiger partial charge in [0.05, 0.1) is 33.7 Å². The molecule has 0 atom stereocenters. The maximum Gasteiger partial charge on any atom is 0.258 e. The number of nitrogens with one attached hydrogen (secondary N) is 1. The van der Waals surface area contributed by atoms with Gasteiger partial charge in [-0.2, -0.15) is 5.10 Å². The van der Waals surface area contributed by atoms with Crippen molar-refractivity contribution in [1.29, 1.82) is 0 Å². The molecule has 7 heteroatoms. The van der Waals surface area contributed by atoms with Crippen LogP contribution in [0.1, 0.15) is 74.9 Å². The van der Waals surface area contributed by atoms with Gasteiger partial charge in [0.1, 0.15) is 0 Å². The second kappa shape index (κ2) is 10.2. The zero-order chi connectivity index (χ0) is 26.2. The van der Waals surface area contributed by atoms with Crippen molar-refractivity contribution in [3.8, 4) is 5.69 Å². The Morgan fingerprint density at radius 2 is 1.78 bits per heavy atom. The molecule has 0 spiro atoms. The van der Waals surface area contributed by atoms with E-state index in [4.69, 9.17) is 5.10 Å². The van der Waals surface area contributed by atoms with Gasteiger partial charge in [-0.1, -0.05) is 41.0 Å². The normalized spacial score (nSPS) is 15.1. The van der Waals surface area contributed by atoms with Crippen LogP contribution in [0.4, 0.5) is 5.69 Å². The zero-order valence-corrected chi connectivity index (χ0v) is 23.0. The standard InChI is InChI=1S/C29H41N5O2/c1-8-11-21-14-20-15-22(34-24-17-29(5,6)18-25(35)26(24)19(4)31-34)16-23(27(20)28(36)30-21)32(7)12-13-33(9-2)10-3/h14-16H,8-13,17-18H2,1-7H3,(H,30,36). The van der Waals surface area contributed by atoms with Crippen molar-refractivity contribution in [3.63, 3.8) is 0 Å². The maximum atomic E-state index is 13.3. The average Bonchev–Trinajstić information content (AvgIpc) is 3.14. The fourth-order valence-corrected chi connectivity index (χ4v) is 5.56. The highest BCUT2D eigenvalue weighted by molar-refractivity contribution is 6.00. The largest absolute Gasteiger partial charge is 0.373 e. The van der Waals surface area contributed by atoms with Crippen LogP contribution in [0.5, 0.6) is 0 Å². The minimum Gasteiger partial charge on any atom is -0.373 e. The molecule has 0 bridgehead atoms. The van der Waals surface area contributed by atoms with Crippen molar-refractivity contribution < 1.29 is 4.79 Å². The number of likely N-dealkylation sites (N-methyl/N-ethyl adjacent to an activating group) is 2. The monoisotopic (exact) mass is 491 g/mol. The van der Waals surface area contributed by atoms with Gasteiger partial charge in [-0.15, -0.1) is 0 Å². The number of carbonyl (C=O) groups is 1. The van der Waals surface area contributed by atoms with Gasteiger partial charge in [0, 0.05) is 32.3 Å². The Morgan fingerprint density at radius 3 is 2.44 bits per heavy atom. The number of Topliss-reactive ketones (excluding diaryl/α,β-unsaturated/α-hetero) is 1. The molecule has 1 N–H and O–H groups in total. The Morgan fingerprint density at radius 1 is 1.06 bits per heavy atom. The molecule has 0 radical (unpaired) electrons. The lowest BCUT2D eigenvalue weighted by atomic mass is 9.75. The number of rotatable bonds is 9. The number of ketones is 1. The molecule has 2 aromatic heterocycles. The van der Waals surface area contributed by atoms with Gasteiger partial charge in [-0.05, 0) is 61.9 Å². The van der Waals surface area contributed by atoms with Crippen molar-refractivity contribution in [2.24, 2.45) is 5.41 Å². The molecule has 3 aromatic rings. The molecule has 0 saturated heterocycles. The molecule has 1 aliphatic rings. The van der Waals surface area contributed by atoms with Crippen molar-refractivity contribution in [1.82, 2.24) is 19.7 Å². The molecule has 0 unspecified atom stereocenters. The van der Waals surface area contributed by atoms with Crippen molar-refractivity contribution in [2.45, 2.75) is 67.2 Å². The van der Waals surface area contributed by atoms with Gasteiger partial charge in [0.15, 0.2) is 5.78 Å². The Hall–Kier alpha value is -2.93. The number of hydrogen-bond acceptors (Lipinski definition) is 5. The highest BCUT2D eigenvalue weighted by Gasteiger charge is 2.36. The van der Waals surface area contributed by atoms with Gasteiger partial charge in [0.2, 0.25) is 0 Å². The van der Waals surface area contributed by atoms with Crippen molar-refractivity contribution in [3.05, 3.63) is 51.2 Å². The van der Waals surface area contributed by atoms with Gasteiger partial charge < -0.3 is 14.8 Å². The van der Waals surface area contributed by atoms with Crippen LogP contribution < -0.4 is 10.5 Å². The number of anilines is 1. The van der Waals surface area contributed by atoms with Crippen LogP contribution in [0.3, 0.4) is 0 Å². The third-order valence-corrected chi connectivity index (χ3v) is 7.50. The van der Waals surface area contributed by atoms with Crippen LogP contribution in [-0.4, -0.2) is 58.7 Å². The smallest absolute Gasteiger partial charge is 0.258 e. The van der Waals surface area contributed by atoms with E-state index in [1.165, 1.54) is 0 Å². The lowest BCUT2D eigenvalue weighted by Gasteiger charge is -2.29. The molecule has 1 aliphatic carbocycles. The van der Waals surface area contributed by atoms with E-state index < -0.39 is 0 Å². The number of H-pyrrole nitrogens is 1. The quantitative estimate of drug-likeness (QED) is 0.460. The lowest BCUT2D eigenvalue weighted by Crippen LogP contribution is -2.33. The number of benzene rings is 1. The van der Waals surface area contributed by atoms with Gasteiger partial charge in [-0.25, -0.2) is 4.68 Å². The summed E-state index contributed by atoms with van der Waals surface area (Å²) in [7, 11) is 2.05. The maximum absolute atomic E-state index is 13.3. The van der Waals surface area contributed by atoms with E-state index in [1.54, 1.807) is 0 Å². The van der Waals surface area contributed by atoms with Crippen LogP contribution >= 0.6 is 0 Å². The van der Waals surface area contributed by atoms with E-state index in [0.29, 0.717) is 11.8 Å². The first-order valence-corrected chi connectivity index (χ1v) is 13.3. The molecule has 0 aliphatic heterocycles. The van der Waals surface area contributed by atoms with E-state index in [0.717, 1.165) is 84.8 Å². The SMILES string of the molecule is CCCc1cc2cc(-n3nc(C)c4c3CC(C)(C)CC4=O)cc(N(C)CCN(CC)CC)c2c(=O)[nH]1. The third-order valence-electron chi connectivity index (χ3n) is 7.50. The summed E-state index contributed by atoms with van der Waals surface area (Å²) < 4.78 is 1.95. The molecule has 0 amide bonds. The van der Waals surface area contributed by atoms with Crippen LogP contribution in [0, 0.1) is 12.3 Å². The average molecular weight is 492 g/mol. The number of hydrogen-bond donors (Lipinski definition) is 1.